The Balaban J connectivity index is 2.35. The molecule has 0 saturated heterocycles. The Bertz CT molecular complexity index is 628. The van der Waals surface area contributed by atoms with Gasteiger partial charge in [0.2, 0.25) is 0 Å². The number of rotatable bonds is 5. The summed E-state index contributed by atoms with van der Waals surface area (Å²) in [5.41, 5.74) is 1.94. The third-order valence-electron chi connectivity index (χ3n) is 3.24. The molecule has 1 unspecified atom stereocenters. The number of nitrogens with one attached hydrogen (secondary N) is 1. The van der Waals surface area contributed by atoms with Crippen LogP contribution in [-0.4, -0.2) is 6.54 Å². The molecule has 1 atom stereocenters. The Kier molecular flexibility index (Phi) is 6.21. The highest BCUT2D eigenvalue weighted by atomic mass is 35.5. The zero-order valence-electron chi connectivity index (χ0n) is 11.5. The molecular weight excluding hydrogens is 348 g/mol. The van der Waals surface area contributed by atoms with E-state index >= 15 is 0 Å². The second-order valence-electron chi connectivity index (χ2n) is 4.69. The minimum atomic E-state index is 0.0252. The summed E-state index contributed by atoms with van der Waals surface area (Å²) in [4.78, 5) is 0. The second kappa shape index (κ2) is 7.71. The average molecular weight is 363 g/mol. The SMILES string of the molecule is CCNC(Cc1cc(Cl)ccc1Cl)c1cccc(Cl)c1Cl. The molecule has 1 N–H and O–H groups in total. The molecule has 21 heavy (non-hydrogen) atoms. The maximum atomic E-state index is 6.33. The van der Waals surface area contributed by atoms with Crippen LogP contribution in [0.3, 0.4) is 0 Å². The summed E-state index contributed by atoms with van der Waals surface area (Å²) in [6.45, 7) is 2.86. The van der Waals surface area contributed by atoms with Gasteiger partial charge in [-0.2, -0.15) is 0 Å². The number of halogens is 4. The van der Waals surface area contributed by atoms with E-state index in [1.165, 1.54) is 0 Å². The molecule has 0 radical (unpaired) electrons. The summed E-state index contributed by atoms with van der Waals surface area (Å²) in [6.07, 6.45) is 0.688. The Morgan fingerprint density at radius 2 is 1.76 bits per heavy atom. The van der Waals surface area contributed by atoms with Crippen molar-refractivity contribution in [3.8, 4) is 0 Å². The lowest BCUT2D eigenvalue weighted by Gasteiger charge is -2.21. The molecule has 2 aromatic rings. The third kappa shape index (κ3) is 4.28. The van der Waals surface area contributed by atoms with E-state index in [1.807, 2.05) is 31.2 Å². The van der Waals surface area contributed by atoms with Gasteiger partial charge in [0.05, 0.1) is 10.0 Å². The largest absolute Gasteiger partial charge is 0.310 e. The zero-order chi connectivity index (χ0) is 15.4. The molecule has 0 aliphatic carbocycles. The van der Waals surface area contributed by atoms with Gasteiger partial charge in [-0.1, -0.05) is 65.5 Å². The fourth-order valence-corrected chi connectivity index (χ4v) is 3.08. The summed E-state index contributed by atoms with van der Waals surface area (Å²) in [5.74, 6) is 0. The van der Waals surface area contributed by atoms with Gasteiger partial charge in [-0.05, 0) is 48.4 Å². The fraction of sp³-hybridized carbons (Fsp3) is 0.250. The second-order valence-corrected chi connectivity index (χ2v) is 6.32. The van der Waals surface area contributed by atoms with Crippen molar-refractivity contribution in [3.63, 3.8) is 0 Å². The van der Waals surface area contributed by atoms with E-state index in [0.717, 1.165) is 17.7 Å². The average Bonchev–Trinajstić information content (AvgIpc) is 2.45. The molecule has 112 valence electrons. The van der Waals surface area contributed by atoms with Crippen LogP contribution in [0.4, 0.5) is 0 Å². The molecule has 1 nitrogen and oxygen atoms in total. The summed E-state index contributed by atoms with van der Waals surface area (Å²) in [7, 11) is 0. The van der Waals surface area contributed by atoms with Crippen LogP contribution in [-0.2, 0) is 6.42 Å². The van der Waals surface area contributed by atoms with Gasteiger partial charge >= 0.3 is 0 Å². The standard InChI is InChI=1S/C16H15Cl4N/c1-2-21-15(12-4-3-5-14(19)16(12)20)9-10-8-11(17)6-7-13(10)18/h3-8,15,21H,2,9H2,1H3. The molecule has 0 amide bonds. The molecular formula is C16H15Cl4N. The molecule has 0 aliphatic rings. The van der Waals surface area contributed by atoms with Gasteiger partial charge in [0, 0.05) is 16.1 Å². The topological polar surface area (TPSA) is 12.0 Å². The molecule has 0 heterocycles. The van der Waals surface area contributed by atoms with Crippen LogP contribution in [0.15, 0.2) is 36.4 Å². The Labute approximate surface area is 145 Å². The van der Waals surface area contributed by atoms with E-state index in [4.69, 9.17) is 46.4 Å². The first-order chi connectivity index (χ1) is 10.0. The fourth-order valence-electron chi connectivity index (χ4n) is 2.25. The first-order valence-electron chi connectivity index (χ1n) is 6.64. The van der Waals surface area contributed by atoms with Crippen LogP contribution in [0.2, 0.25) is 20.1 Å². The van der Waals surface area contributed by atoms with Crippen molar-refractivity contribution in [1.29, 1.82) is 0 Å². The molecule has 0 bridgehead atoms. The highest BCUT2D eigenvalue weighted by Crippen LogP contribution is 2.33. The van der Waals surface area contributed by atoms with Crippen LogP contribution in [0.1, 0.15) is 24.1 Å². The van der Waals surface area contributed by atoms with Crippen LogP contribution < -0.4 is 5.32 Å². The van der Waals surface area contributed by atoms with Crippen LogP contribution in [0.25, 0.3) is 0 Å². The molecule has 0 saturated carbocycles. The van der Waals surface area contributed by atoms with Crippen LogP contribution >= 0.6 is 46.4 Å². The van der Waals surface area contributed by atoms with Crippen molar-refractivity contribution < 1.29 is 0 Å². The lowest BCUT2D eigenvalue weighted by molar-refractivity contribution is 0.550. The Hall–Kier alpha value is -0.440. The van der Waals surface area contributed by atoms with Crippen molar-refractivity contribution in [1.82, 2.24) is 5.32 Å². The van der Waals surface area contributed by atoms with Crippen molar-refractivity contribution in [3.05, 3.63) is 67.6 Å². The molecule has 0 fully saturated rings. The van der Waals surface area contributed by atoms with Crippen molar-refractivity contribution in [2.24, 2.45) is 0 Å². The maximum Gasteiger partial charge on any atom is 0.0640 e. The first-order valence-corrected chi connectivity index (χ1v) is 8.15. The smallest absolute Gasteiger partial charge is 0.0640 e. The summed E-state index contributed by atoms with van der Waals surface area (Å²) >= 11 is 24.7. The van der Waals surface area contributed by atoms with E-state index in [2.05, 4.69) is 5.32 Å². The quantitative estimate of drug-likeness (QED) is 0.668. The van der Waals surface area contributed by atoms with Crippen molar-refractivity contribution in [2.45, 2.75) is 19.4 Å². The Morgan fingerprint density at radius 1 is 1.00 bits per heavy atom. The number of likely N-dealkylation sites (N-methyl/N-ethyl adjacent to an activating group) is 1. The number of hydrogen-bond acceptors (Lipinski definition) is 1. The lowest BCUT2D eigenvalue weighted by Crippen LogP contribution is -2.23. The van der Waals surface area contributed by atoms with E-state index < -0.39 is 0 Å². The predicted molar refractivity (Wildman–Crippen MR) is 93.0 cm³/mol. The van der Waals surface area contributed by atoms with E-state index in [9.17, 15) is 0 Å². The first kappa shape index (κ1) is 16.9. The maximum absolute atomic E-state index is 6.33. The molecule has 5 heteroatoms. The minimum Gasteiger partial charge on any atom is -0.310 e. The monoisotopic (exact) mass is 361 g/mol. The van der Waals surface area contributed by atoms with Crippen molar-refractivity contribution in [2.75, 3.05) is 6.54 Å². The van der Waals surface area contributed by atoms with E-state index in [0.29, 0.717) is 26.5 Å². The van der Waals surface area contributed by atoms with Crippen molar-refractivity contribution >= 4 is 46.4 Å². The third-order valence-corrected chi connectivity index (χ3v) is 4.68. The van der Waals surface area contributed by atoms with Gasteiger partial charge in [-0.3, -0.25) is 0 Å². The van der Waals surface area contributed by atoms with Crippen LogP contribution in [0, 0.1) is 0 Å². The van der Waals surface area contributed by atoms with E-state index in [1.54, 1.807) is 12.1 Å². The molecule has 0 spiro atoms. The lowest BCUT2D eigenvalue weighted by atomic mass is 9.98. The van der Waals surface area contributed by atoms with Gasteiger partial charge in [0.25, 0.3) is 0 Å². The van der Waals surface area contributed by atoms with Gasteiger partial charge in [-0.15, -0.1) is 0 Å². The highest BCUT2D eigenvalue weighted by Gasteiger charge is 2.17. The van der Waals surface area contributed by atoms with Gasteiger partial charge in [-0.25, -0.2) is 0 Å². The molecule has 0 aliphatic heterocycles. The van der Waals surface area contributed by atoms with Gasteiger partial charge in [0.1, 0.15) is 0 Å². The highest BCUT2D eigenvalue weighted by molar-refractivity contribution is 6.42. The molecule has 0 aromatic heterocycles. The predicted octanol–water partition coefficient (Wildman–Crippen LogP) is 6.19. The summed E-state index contributed by atoms with van der Waals surface area (Å²) in [5, 5.41) is 5.90. The van der Waals surface area contributed by atoms with Crippen LogP contribution in [0.5, 0.6) is 0 Å². The molecule has 2 rings (SSSR count). The minimum absolute atomic E-state index is 0.0252. The summed E-state index contributed by atoms with van der Waals surface area (Å²) < 4.78 is 0. The normalized spacial score (nSPS) is 12.4. The Morgan fingerprint density at radius 3 is 2.48 bits per heavy atom. The summed E-state index contributed by atoms with van der Waals surface area (Å²) in [6, 6.07) is 11.1. The zero-order valence-corrected chi connectivity index (χ0v) is 14.5. The number of hydrogen-bond donors (Lipinski definition) is 1. The molecule has 2 aromatic carbocycles. The number of benzene rings is 2. The van der Waals surface area contributed by atoms with E-state index in [-0.39, 0.29) is 6.04 Å². The van der Waals surface area contributed by atoms with Gasteiger partial charge in [0.15, 0.2) is 0 Å². The van der Waals surface area contributed by atoms with Gasteiger partial charge < -0.3 is 5.32 Å².